The molecule has 0 fully saturated rings. The topological polar surface area (TPSA) is 46.9 Å². The fraction of sp³-hybridized carbons (Fsp3) is 0.217. The quantitative estimate of drug-likeness (QED) is 0.585. The Morgan fingerprint density at radius 2 is 1.83 bits per heavy atom. The summed E-state index contributed by atoms with van der Waals surface area (Å²) < 4.78 is 40.2. The number of carbonyl (C=O) groups is 1. The van der Waals surface area contributed by atoms with Crippen LogP contribution in [0.2, 0.25) is 0 Å². The number of aromatic nitrogens is 2. The number of aryl methyl sites for hydroxylation is 1. The normalized spacial score (nSPS) is 11.8. The Bertz CT molecular complexity index is 1050. The van der Waals surface area contributed by atoms with Crippen molar-refractivity contribution >= 4 is 12.0 Å². The molecule has 1 aromatic heterocycles. The molecule has 3 rings (SSSR count). The van der Waals surface area contributed by atoms with E-state index in [2.05, 4.69) is 10.4 Å². The zero-order valence-corrected chi connectivity index (χ0v) is 16.7. The van der Waals surface area contributed by atoms with Gasteiger partial charge in [0.2, 0.25) is 5.91 Å². The third-order valence-electron chi connectivity index (χ3n) is 4.79. The van der Waals surface area contributed by atoms with E-state index in [1.165, 1.54) is 24.3 Å². The van der Waals surface area contributed by atoms with Crippen molar-refractivity contribution in [2.45, 2.75) is 33.1 Å². The highest BCUT2D eigenvalue weighted by Gasteiger charge is 2.30. The Labute approximate surface area is 173 Å². The molecule has 1 amide bonds. The lowest BCUT2D eigenvalue weighted by Gasteiger charge is -2.07. The lowest BCUT2D eigenvalue weighted by molar-refractivity contribution is -0.137. The second-order valence-corrected chi connectivity index (χ2v) is 6.97. The van der Waals surface area contributed by atoms with Crippen LogP contribution in [0.15, 0.2) is 60.7 Å². The Morgan fingerprint density at radius 3 is 2.53 bits per heavy atom. The number of hydrogen-bond acceptors (Lipinski definition) is 2. The first-order chi connectivity index (χ1) is 14.2. The van der Waals surface area contributed by atoms with Crippen LogP contribution in [-0.2, 0) is 24.1 Å². The first-order valence-electron chi connectivity index (χ1n) is 9.44. The molecule has 2 aromatic carbocycles. The number of hydrogen-bond donors (Lipinski definition) is 1. The molecule has 0 unspecified atom stereocenters. The lowest BCUT2D eigenvalue weighted by atomic mass is 10.1. The van der Waals surface area contributed by atoms with Crippen LogP contribution < -0.4 is 5.32 Å². The van der Waals surface area contributed by atoms with Gasteiger partial charge in [0.15, 0.2) is 0 Å². The SMILES string of the molecule is Cc1nn(Cc2ccccc2)c(C)c1CNC(=O)/C=C/c1cccc(C(F)(F)F)c1. The van der Waals surface area contributed by atoms with Gasteiger partial charge < -0.3 is 5.32 Å². The van der Waals surface area contributed by atoms with E-state index >= 15 is 0 Å². The average molecular weight is 413 g/mol. The van der Waals surface area contributed by atoms with E-state index in [-0.39, 0.29) is 12.5 Å². The summed E-state index contributed by atoms with van der Waals surface area (Å²) in [5, 5.41) is 7.32. The molecule has 4 nitrogen and oxygen atoms in total. The van der Waals surface area contributed by atoms with Crippen molar-refractivity contribution in [3.05, 3.63) is 94.3 Å². The van der Waals surface area contributed by atoms with E-state index in [1.54, 1.807) is 0 Å². The van der Waals surface area contributed by atoms with Gasteiger partial charge in [-0.1, -0.05) is 42.5 Å². The van der Waals surface area contributed by atoms with Gasteiger partial charge in [0, 0.05) is 23.9 Å². The van der Waals surface area contributed by atoms with Crippen LogP contribution >= 0.6 is 0 Å². The number of amides is 1. The van der Waals surface area contributed by atoms with Gasteiger partial charge in [-0.2, -0.15) is 18.3 Å². The lowest BCUT2D eigenvalue weighted by Crippen LogP contribution is -2.21. The van der Waals surface area contributed by atoms with Crippen LogP contribution in [0, 0.1) is 13.8 Å². The largest absolute Gasteiger partial charge is 0.416 e. The standard InChI is InChI=1S/C23H22F3N3O/c1-16-21(17(2)29(28-16)15-19-7-4-3-5-8-19)14-27-22(30)12-11-18-9-6-10-20(13-18)23(24,25)26/h3-13H,14-15H2,1-2H3,(H,27,30)/b12-11+. The zero-order chi connectivity index (χ0) is 21.7. The molecular weight excluding hydrogens is 391 g/mol. The summed E-state index contributed by atoms with van der Waals surface area (Å²) in [6.45, 7) is 4.76. The molecule has 156 valence electrons. The highest BCUT2D eigenvalue weighted by atomic mass is 19.4. The summed E-state index contributed by atoms with van der Waals surface area (Å²) in [4.78, 5) is 12.1. The molecule has 0 aliphatic heterocycles. The van der Waals surface area contributed by atoms with E-state index in [1.807, 2.05) is 48.9 Å². The van der Waals surface area contributed by atoms with Crippen LogP contribution in [0.1, 0.15) is 33.6 Å². The second-order valence-electron chi connectivity index (χ2n) is 6.97. The molecule has 0 saturated carbocycles. The summed E-state index contributed by atoms with van der Waals surface area (Å²) in [7, 11) is 0. The molecule has 0 saturated heterocycles. The Hall–Kier alpha value is -3.35. The minimum Gasteiger partial charge on any atom is -0.348 e. The number of alkyl halides is 3. The summed E-state index contributed by atoms with van der Waals surface area (Å²) in [6, 6.07) is 14.8. The van der Waals surface area contributed by atoms with Crippen LogP contribution in [-0.4, -0.2) is 15.7 Å². The minimum absolute atomic E-state index is 0.290. The van der Waals surface area contributed by atoms with E-state index in [0.717, 1.165) is 34.6 Å². The first-order valence-corrected chi connectivity index (χ1v) is 9.44. The third-order valence-corrected chi connectivity index (χ3v) is 4.79. The smallest absolute Gasteiger partial charge is 0.348 e. The molecule has 30 heavy (non-hydrogen) atoms. The zero-order valence-electron chi connectivity index (χ0n) is 16.7. The number of rotatable bonds is 6. The number of nitrogens with zero attached hydrogens (tertiary/aromatic N) is 2. The maximum absolute atomic E-state index is 12.8. The first kappa shape index (κ1) is 21.4. The highest BCUT2D eigenvalue weighted by Crippen LogP contribution is 2.29. The van der Waals surface area contributed by atoms with E-state index in [4.69, 9.17) is 0 Å². The minimum atomic E-state index is -4.42. The molecule has 0 aliphatic carbocycles. The summed E-state index contributed by atoms with van der Waals surface area (Å²) in [6.07, 6.45) is -1.82. The van der Waals surface area contributed by atoms with Crippen molar-refractivity contribution in [3.63, 3.8) is 0 Å². The Morgan fingerprint density at radius 1 is 1.10 bits per heavy atom. The van der Waals surface area contributed by atoms with Crippen molar-refractivity contribution in [2.75, 3.05) is 0 Å². The van der Waals surface area contributed by atoms with Crippen molar-refractivity contribution in [3.8, 4) is 0 Å². The van der Waals surface area contributed by atoms with Crippen molar-refractivity contribution in [1.29, 1.82) is 0 Å². The fourth-order valence-corrected chi connectivity index (χ4v) is 3.13. The van der Waals surface area contributed by atoms with Gasteiger partial charge in [-0.25, -0.2) is 0 Å². The maximum Gasteiger partial charge on any atom is 0.416 e. The highest BCUT2D eigenvalue weighted by molar-refractivity contribution is 5.91. The van der Waals surface area contributed by atoms with Crippen LogP contribution in [0.5, 0.6) is 0 Å². The third kappa shape index (κ3) is 5.37. The summed E-state index contributed by atoms with van der Waals surface area (Å²) in [5.74, 6) is -0.387. The Kier molecular flexibility index (Phi) is 6.40. The predicted octanol–water partition coefficient (Wildman–Crippen LogP) is 4.90. The summed E-state index contributed by atoms with van der Waals surface area (Å²) >= 11 is 0. The van der Waals surface area contributed by atoms with Crippen LogP contribution in [0.25, 0.3) is 6.08 Å². The molecule has 0 bridgehead atoms. The van der Waals surface area contributed by atoms with Gasteiger partial charge >= 0.3 is 6.18 Å². The van der Waals surface area contributed by atoms with E-state index < -0.39 is 11.7 Å². The van der Waals surface area contributed by atoms with Gasteiger partial charge in [-0.15, -0.1) is 0 Å². The van der Waals surface area contributed by atoms with Gasteiger partial charge in [0.1, 0.15) is 0 Å². The molecule has 0 radical (unpaired) electrons. The van der Waals surface area contributed by atoms with E-state index in [0.29, 0.717) is 12.1 Å². The molecule has 1 heterocycles. The van der Waals surface area contributed by atoms with Gasteiger partial charge in [0.25, 0.3) is 0 Å². The number of carbonyl (C=O) groups excluding carboxylic acids is 1. The molecule has 0 spiro atoms. The Balaban J connectivity index is 1.63. The number of nitrogens with one attached hydrogen (secondary N) is 1. The van der Waals surface area contributed by atoms with Gasteiger partial charge in [0.05, 0.1) is 17.8 Å². The van der Waals surface area contributed by atoms with Crippen molar-refractivity contribution < 1.29 is 18.0 Å². The van der Waals surface area contributed by atoms with Gasteiger partial charge in [-0.3, -0.25) is 9.48 Å². The summed E-state index contributed by atoms with van der Waals surface area (Å²) in [5.41, 5.74) is 3.39. The maximum atomic E-state index is 12.8. The molecule has 7 heteroatoms. The molecule has 1 N–H and O–H groups in total. The number of halogens is 3. The van der Waals surface area contributed by atoms with Crippen LogP contribution in [0.4, 0.5) is 13.2 Å². The fourth-order valence-electron chi connectivity index (χ4n) is 3.13. The monoisotopic (exact) mass is 413 g/mol. The molecule has 0 atom stereocenters. The number of benzene rings is 2. The second kappa shape index (κ2) is 8.98. The van der Waals surface area contributed by atoms with Crippen molar-refractivity contribution in [2.24, 2.45) is 0 Å². The van der Waals surface area contributed by atoms with Gasteiger partial charge in [-0.05, 0) is 43.2 Å². The van der Waals surface area contributed by atoms with Crippen LogP contribution in [0.3, 0.4) is 0 Å². The molecule has 0 aliphatic rings. The van der Waals surface area contributed by atoms with E-state index in [9.17, 15) is 18.0 Å². The molecule has 3 aromatic rings. The van der Waals surface area contributed by atoms with Crippen molar-refractivity contribution in [1.82, 2.24) is 15.1 Å². The predicted molar refractivity (Wildman–Crippen MR) is 110 cm³/mol. The average Bonchev–Trinajstić information content (AvgIpc) is 2.98. The molecular formula is C23H22F3N3O.